The molecule has 1 aromatic carbocycles. The molecule has 0 heterocycles. The third-order valence-corrected chi connectivity index (χ3v) is 4.39. The molecule has 0 amide bonds. The zero-order chi connectivity index (χ0) is 14.3. The molecule has 0 saturated heterocycles. The van der Waals surface area contributed by atoms with Gasteiger partial charge in [-0.3, -0.25) is 0 Å². The molecule has 19 heavy (non-hydrogen) atoms. The molecule has 4 heteroatoms. The van der Waals surface area contributed by atoms with Crippen LogP contribution in [-0.4, -0.2) is 16.8 Å². The maximum atomic E-state index is 8.70. The second kappa shape index (κ2) is 7.43. The van der Waals surface area contributed by atoms with Gasteiger partial charge in [0.1, 0.15) is 5.84 Å². The van der Waals surface area contributed by atoms with Gasteiger partial charge in [-0.25, -0.2) is 0 Å². The lowest BCUT2D eigenvalue weighted by Crippen LogP contribution is -2.31. The summed E-state index contributed by atoms with van der Waals surface area (Å²) in [5.74, 6) is 1.42. The van der Waals surface area contributed by atoms with Crippen molar-refractivity contribution in [2.75, 3.05) is 5.75 Å². The van der Waals surface area contributed by atoms with Crippen LogP contribution in [0.4, 0.5) is 0 Å². The van der Waals surface area contributed by atoms with Crippen LogP contribution >= 0.6 is 11.8 Å². The fourth-order valence-electron chi connectivity index (χ4n) is 1.76. The standard InChI is InChI=1S/C15H24N2OS/c1-12-6-8-13(9-7-12)19-11-5-4-10-15(2,3)14(16)17-18/h6-9,18H,4-5,10-11H2,1-3H3,(H2,16,17). The first-order valence-electron chi connectivity index (χ1n) is 6.63. The number of aryl methyl sites for hydroxylation is 1. The van der Waals surface area contributed by atoms with E-state index in [1.54, 1.807) is 0 Å². The number of thioether (sulfide) groups is 1. The summed E-state index contributed by atoms with van der Waals surface area (Å²) in [5.41, 5.74) is 6.74. The number of nitrogens with two attached hydrogens (primary N) is 1. The van der Waals surface area contributed by atoms with Gasteiger partial charge in [0.2, 0.25) is 0 Å². The zero-order valence-electron chi connectivity index (χ0n) is 12.0. The van der Waals surface area contributed by atoms with Gasteiger partial charge in [-0.1, -0.05) is 43.1 Å². The maximum Gasteiger partial charge on any atom is 0.144 e. The summed E-state index contributed by atoms with van der Waals surface area (Å²) >= 11 is 1.88. The van der Waals surface area contributed by atoms with Crippen molar-refractivity contribution in [3.05, 3.63) is 29.8 Å². The van der Waals surface area contributed by atoms with E-state index in [4.69, 9.17) is 10.9 Å². The number of benzene rings is 1. The highest BCUT2D eigenvalue weighted by Gasteiger charge is 2.22. The Bertz CT molecular complexity index is 413. The van der Waals surface area contributed by atoms with Crippen molar-refractivity contribution in [3.8, 4) is 0 Å². The van der Waals surface area contributed by atoms with Crippen molar-refractivity contribution in [1.29, 1.82) is 0 Å². The molecule has 0 aliphatic rings. The molecule has 0 aromatic heterocycles. The molecule has 1 aromatic rings. The van der Waals surface area contributed by atoms with Crippen molar-refractivity contribution in [3.63, 3.8) is 0 Å². The lowest BCUT2D eigenvalue weighted by atomic mass is 9.86. The van der Waals surface area contributed by atoms with E-state index in [0.29, 0.717) is 5.84 Å². The predicted octanol–water partition coefficient (Wildman–Crippen LogP) is 4.03. The summed E-state index contributed by atoms with van der Waals surface area (Å²) in [5, 5.41) is 11.8. The number of oxime groups is 1. The van der Waals surface area contributed by atoms with E-state index < -0.39 is 0 Å². The minimum Gasteiger partial charge on any atom is -0.409 e. The predicted molar refractivity (Wildman–Crippen MR) is 82.9 cm³/mol. The van der Waals surface area contributed by atoms with E-state index in [1.165, 1.54) is 10.5 Å². The lowest BCUT2D eigenvalue weighted by molar-refractivity contribution is 0.304. The molecule has 0 aliphatic heterocycles. The summed E-state index contributed by atoms with van der Waals surface area (Å²) in [6, 6.07) is 8.62. The number of hydrogen-bond donors (Lipinski definition) is 2. The van der Waals surface area contributed by atoms with E-state index in [2.05, 4.69) is 36.3 Å². The first-order valence-corrected chi connectivity index (χ1v) is 7.62. The van der Waals surface area contributed by atoms with Crippen LogP contribution in [-0.2, 0) is 0 Å². The third kappa shape index (κ3) is 5.55. The molecule has 3 N–H and O–H groups in total. The van der Waals surface area contributed by atoms with Crippen LogP contribution < -0.4 is 5.73 Å². The second-order valence-electron chi connectivity index (χ2n) is 5.49. The van der Waals surface area contributed by atoms with Crippen LogP contribution in [0, 0.1) is 12.3 Å². The number of nitrogens with zero attached hydrogens (tertiary/aromatic N) is 1. The van der Waals surface area contributed by atoms with Crippen LogP contribution in [0.1, 0.15) is 38.7 Å². The average molecular weight is 280 g/mol. The monoisotopic (exact) mass is 280 g/mol. The molecule has 106 valence electrons. The molecule has 0 atom stereocenters. The largest absolute Gasteiger partial charge is 0.409 e. The van der Waals surface area contributed by atoms with E-state index in [-0.39, 0.29) is 5.41 Å². The maximum absolute atomic E-state index is 8.70. The topological polar surface area (TPSA) is 58.6 Å². The fourth-order valence-corrected chi connectivity index (χ4v) is 2.67. The molecular weight excluding hydrogens is 256 g/mol. The molecule has 0 aliphatic carbocycles. The van der Waals surface area contributed by atoms with Crippen LogP contribution in [0.2, 0.25) is 0 Å². The van der Waals surface area contributed by atoms with Gasteiger partial charge in [0.15, 0.2) is 0 Å². The van der Waals surface area contributed by atoms with Crippen LogP contribution in [0.15, 0.2) is 34.3 Å². The van der Waals surface area contributed by atoms with Crippen molar-refractivity contribution in [2.45, 2.75) is 44.9 Å². The van der Waals surface area contributed by atoms with Crippen molar-refractivity contribution in [2.24, 2.45) is 16.3 Å². The van der Waals surface area contributed by atoms with Gasteiger partial charge in [-0.05, 0) is 37.7 Å². The molecular formula is C15H24N2OS. The molecule has 0 spiro atoms. The summed E-state index contributed by atoms with van der Waals surface area (Å²) in [6.07, 6.45) is 3.17. The highest BCUT2D eigenvalue weighted by Crippen LogP contribution is 2.25. The summed E-state index contributed by atoms with van der Waals surface area (Å²) in [4.78, 5) is 1.32. The molecule has 0 fully saturated rings. The minimum absolute atomic E-state index is 0.219. The summed E-state index contributed by atoms with van der Waals surface area (Å²) < 4.78 is 0. The van der Waals surface area contributed by atoms with Gasteiger partial charge in [-0.15, -0.1) is 11.8 Å². The summed E-state index contributed by atoms with van der Waals surface area (Å²) in [6.45, 7) is 6.12. The van der Waals surface area contributed by atoms with Crippen molar-refractivity contribution >= 4 is 17.6 Å². The highest BCUT2D eigenvalue weighted by atomic mass is 32.2. The highest BCUT2D eigenvalue weighted by molar-refractivity contribution is 7.99. The Morgan fingerprint density at radius 1 is 1.26 bits per heavy atom. The first-order chi connectivity index (χ1) is 8.95. The molecule has 0 bridgehead atoms. The Balaban J connectivity index is 2.23. The smallest absolute Gasteiger partial charge is 0.144 e. The number of amidine groups is 1. The van der Waals surface area contributed by atoms with Gasteiger partial charge in [0.05, 0.1) is 0 Å². The van der Waals surface area contributed by atoms with E-state index in [1.807, 2.05) is 25.6 Å². The first kappa shape index (κ1) is 15.9. The fraction of sp³-hybridized carbons (Fsp3) is 0.533. The van der Waals surface area contributed by atoms with Gasteiger partial charge >= 0.3 is 0 Å². The second-order valence-corrected chi connectivity index (χ2v) is 6.66. The van der Waals surface area contributed by atoms with Crippen molar-refractivity contribution in [1.82, 2.24) is 0 Å². The average Bonchev–Trinajstić information content (AvgIpc) is 2.39. The Morgan fingerprint density at radius 2 is 1.89 bits per heavy atom. The number of hydrogen-bond acceptors (Lipinski definition) is 3. The van der Waals surface area contributed by atoms with Crippen molar-refractivity contribution < 1.29 is 5.21 Å². The van der Waals surface area contributed by atoms with E-state index >= 15 is 0 Å². The molecule has 0 saturated carbocycles. The minimum atomic E-state index is -0.219. The number of unbranched alkanes of at least 4 members (excludes halogenated alkanes) is 1. The Labute approximate surface area is 120 Å². The Hall–Kier alpha value is -1.16. The molecule has 3 nitrogen and oxygen atoms in total. The lowest BCUT2D eigenvalue weighted by Gasteiger charge is -2.22. The van der Waals surface area contributed by atoms with Gasteiger partial charge in [-0.2, -0.15) is 0 Å². The Morgan fingerprint density at radius 3 is 2.47 bits per heavy atom. The zero-order valence-corrected chi connectivity index (χ0v) is 12.8. The SMILES string of the molecule is Cc1ccc(SCCCCC(C)(C)/C(N)=N/O)cc1. The van der Waals surface area contributed by atoms with Crippen LogP contribution in [0.3, 0.4) is 0 Å². The molecule has 1 rings (SSSR count). The normalized spacial score (nSPS) is 12.7. The molecule has 0 radical (unpaired) electrons. The Kier molecular flexibility index (Phi) is 6.22. The van der Waals surface area contributed by atoms with E-state index in [0.717, 1.165) is 25.0 Å². The quantitative estimate of drug-likeness (QED) is 0.198. The molecule has 0 unspecified atom stereocenters. The van der Waals surface area contributed by atoms with Gasteiger partial charge in [0.25, 0.3) is 0 Å². The third-order valence-electron chi connectivity index (χ3n) is 3.29. The summed E-state index contributed by atoms with van der Waals surface area (Å²) in [7, 11) is 0. The van der Waals surface area contributed by atoms with Gasteiger partial charge < -0.3 is 10.9 Å². The number of rotatable bonds is 7. The van der Waals surface area contributed by atoms with E-state index in [9.17, 15) is 0 Å². The van der Waals surface area contributed by atoms with Crippen LogP contribution in [0.5, 0.6) is 0 Å². The van der Waals surface area contributed by atoms with Crippen LogP contribution in [0.25, 0.3) is 0 Å². The van der Waals surface area contributed by atoms with Gasteiger partial charge in [0, 0.05) is 10.3 Å².